The number of nitrogens with zero attached hydrogens (tertiary/aromatic N) is 1. The fourth-order valence-electron chi connectivity index (χ4n) is 2.18. The molecule has 0 fully saturated rings. The molecule has 0 saturated heterocycles. The third-order valence-electron chi connectivity index (χ3n) is 3.52. The molecule has 1 N–H and O–H groups in total. The Morgan fingerprint density at radius 1 is 1.12 bits per heavy atom. The summed E-state index contributed by atoms with van der Waals surface area (Å²) in [5.74, 6) is 0.717. The highest BCUT2D eigenvalue weighted by Crippen LogP contribution is 2.18. The molecule has 0 aliphatic rings. The summed E-state index contributed by atoms with van der Waals surface area (Å²) in [7, 11) is 1.61. The quantitative estimate of drug-likeness (QED) is 0.723. The van der Waals surface area contributed by atoms with E-state index in [1.165, 1.54) is 11.3 Å². The van der Waals surface area contributed by atoms with E-state index in [-0.39, 0.29) is 5.91 Å². The van der Waals surface area contributed by atoms with Gasteiger partial charge in [0.2, 0.25) is 0 Å². The molecule has 0 radical (unpaired) electrons. The Balaban J connectivity index is 1.58. The number of hydrogen-bond acceptors (Lipinski definition) is 4. The van der Waals surface area contributed by atoms with Gasteiger partial charge in [-0.1, -0.05) is 48.5 Å². The van der Waals surface area contributed by atoms with Crippen LogP contribution in [-0.4, -0.2) is 17.9 Å². The number of aromatic nitrogens is 1. The molecule has 0 spiro atoms. The Kier molecular flexibility index (Phi) is 5.59. The number of rotatable bonds is 6. The van der Waals surface area contributed by atoms with Crippen LogP contribution in [0.3, 0.4) is 0 Å². The first-order chi connectivity index (χ1) is 12.2. The Morgan fingerprint density at radius 3 is 2.60 bits per heavy atom. The fourth-order valence-corrected chi connectivity index (χ4v) is 2.94. The minimum absolute atomic E-state index is 0.114. The van der Waals surface area contributed by atoms with Gasteiger partial charge in [-0.3, -0.25) is 4.79 Å². The molecule has 3 rings (SSSR count). The maximum atomic E-state index is 11.5. The average Bonchev–Trinajstić information content (AvgIpc) is 3.15. The van der Waals surface area contributed by atoms with Crippen LogP contribution < -0.4 is 10.1 Å². The first-order valence-electron chi connectivity index (χ1n) is 7.87. The normalized spacial score (nSPS) is 10.8. The van der Waals surface area contributed by atoms with Crippen molar-refractivity contribution >= 4 is 29.4 Å². The predicted molar refractivity (Wildman–Crippen MR) is 102 cm³/mol. The summed E-state index contributed by atoms with van der Waals surface area (Å²) < 4.78 is 5.77. The van der Waals surface area contributed by atoms with Gasteiger partial charge in [-0.15, -0.1) is 11.3 Å². The summed E-state index contributed by atoms with van der Waals surface area (Å²) in [5, 5.41) is 3.39. The van der Waals surface area contributed by atoms with Crippen LogP contribution in [0.2, 0.25) is 0 Å². The molecular weight excluding hydrogens is 332 g/mol. The number of amides is 1. The van der Waals surface area contributed by atoms with E-state index >= 15 is 0 Å². The van der Waals surface area contributed by atoms with E-state index in [1.807, 2.05) is 66.7 Å². The van der Waals surface area contributed by atoms with E-state index < -0.39 is 0 Å². The van der Waals surface area contributed by atoms with Crippen LogP contribution >= 0.6 is 11.3 Å². The van der Waals surface area contributed by atoms with Gasteiger partial charge < -0.3 is 10.1 Å². The third kappa shape index (κ3) is 4.78. The predicted octanol–water partition coefficient (Wildman–Crippen LogP) is 4.25. The van der Waals surface area contributed by atoms with Crippen molar-refractivity contribution in [2.75, 3.05) is 7.05 Å². The largest absolute Gasteiger partial charge is 0.489 e. The van der Waals surface area contributed by atoms with E-state index in [9.17, 15) is 4.79 Å². The molecule has 0 bridgehead atoms. The van der Waals surface area contributed by atoms with E-state index in [2.05, 4.69) is 10.3 Å². The molecule has 1 aromatic heterocycles. The summed E-state index contributed by atoms with van der Waals surface area (Å²) in [5.41, 5.74) is 2.19. The van der Waals surface area contributed by atoms with Crippen LogP contribution in [0.1, 0.15) is 25.8 Å². The number of carbonyl (C=O) groups excluding carboxylic acids is 1. The SMILES string of the molecule is CNC(=O)c1cnc(/C=C/c2ccc(OCc3ccccc3)cc2)s1. The Hall–Kier alpha value is -2.92. The van der Waals surface area contributed by atoms with Crippen molar-refractivity contribution in [2.45, 2.75) is 6.61 Å². The zero-order chi connectivity index (χ0) is 17.5. The highest BCUT2D eigenvalue weighted by molar-refractivity contribution is 7.14. The van der Waals surface area contributed by atoms with Gasteiger partial charge in [-0.2, -0.15) is 0 Å². The van der Waals surface area contributed by atoms with Gasteiger partial charge in [0, 0.05) is 7.05 Å². The molecular formula is C20H18N2O2S. The first-order valence-corrected chi connectivity index (χ1v) is 8.69. The summed E-state index contributed by atoms with van der Waals surface area (Å²) >= 11 is 1.36. The van der Waals surface area contributed by atoms with Crippen molar-refractivity contribution in [3.8, 4) is 5.75 Å². The minimum atomic E-state index is -0.114. The van der Waals surface area contributed by atoms with Crippen LogP contribution in [0.5, 0.6) is 5.75 Å². The van der Waals surface area contributed by atoms with Gasteiger partial charge in [0.1, 0.15) is 22.2 Å². The molecule has 3 aromatic rings. The number of nitrogens with one attached hydrogen (secondary N) is 1. The number of carbonyl (C=O) groups is 1. The lowest BCUT2D eigenvalue weighted by Crippen LogP contribution is -2.16. The van der Waals surface area contributed by atoms with Crippen molar-refractivity contribution in [1.29, 1.82) is 0 Å². The van der Waals surface area contributed by atoms with Gasteiger partial charge >= 0.3 is 0 Å². The zero-order valence-corrected chi connectivity index (χ0v) is 14.6. The Bertz CT molecular complexity index is 855. The zero-order valence-electron chi connectivity index (χ0n) is 13.8. The smallest absolute Gasteiger partial charge is 0.262 e. The molecule has 0 unspecified atom stereocenters. The van der Waals surface area contributed by atoms with Gasteiger partial charge in [-0.05, 0) is 29.3 Å². The maximum absolute atomic E-state index is 11.5. The summed E-state index contributed by atoms with van der Waals surface area (Å²) in [4.78, 5) is 16.4. The molecule has 1 amide bonds. The van der Waals surface area contributed by atoms with Crippen molar-refractivity contribution in [2.24, 2.45) is 0 Å². The molecule has 0 aliphatic carbocycles. The number of benzene rings is 2. The van der Waals surface area contributed by atoms with Gasteiger partial charge in [0.05, 0.1) is 6.20 Å². The van der Waals surface area contributed by atoms with Gasteiger partial charge in [-0.25, -0.2) is 4.98 Å². The molecule has 126 valence electrons. The molecule has 0 saturated carbocycles. The second kappa shape index (κ2) is 8.26. The average molecular weight is 350 g/mol. The second-order valence-corrected chi connectivity index (χ2v) is 6.38. The van der Waals surface area contributed by atoms with Crippen LogP contribution in [0, 0.1) is 0 Å². The summed E-state index contributed by atoms with van der Waals surface area (Å²) in [6, 6.07) is 17.9. The second-order valence-electron chi connectivity index (χ2n) is 5.32. The fraction of sp³-hybridized carbons (Fsp3) is 0.100. The number of thiazole rings is 1. The van der Waals surface area contributed by atoms with Gasteiger partial charge in [0.25, 0.3) is 5.91 Å². The third-order valence-corrected chi connectivity index (χ3v) is 4.48. The van der Waals surface area contributed by atoms with Crippen LogP contribution in [0.15, 0.2) is 60.8 Å². The summed E-state index contributed by atoms with van der Waals surface area (Å²) in [6.45, 7) is 0.553. The Morgan fingerprint density at radius 2 is 1.88 bits per heavy atom. The molecule has 2 aromatic carbocycles. The highest BCUT2D eigenvalue weighted by Gasteiger charge is 2.06. The molecule has 25 heavy (non-hydrogen) atoms. The van der Waals surface area contributed by atoms with Crippen LogP contribution in [0.4, 0.5) is 0 Å². The van der Waals surface area contributed by atoms with Crippen molar-refractivity contribution in [3.05, 3.63) is 81.8 Å². The molecule has 4 nitrogen and oxygen atoms in total. The van der Waals surface area contributed by atoms with Crippen molar-refractivity contribution in [1.82, 2.24) is 10.3 Å². The lowest BCUT2D eigenvalue weighted by atomic mass is 10.2. The lowest BCUT2D eigenvalue weighted by molar-refractivity contribution is 0.0967. The van der Waals surface area contributed by atoms with E-state index in [0.717, 1.165) is 21.9 Å². The van der Waals surface area contributed by atoms with Crippen LogP contribution in [0.25, 0.3) is 12.2 Å². The van der Waals surface area contributed by atoms with E-state index in [1.54, 1.807) is 13.2 Å². The molecule has 0 aliphatic heterocycles. The summed E-state index contributed by atoms with van der Waals surface area (Å²) in [6.07, 6.45) is 5.45. The van der Waals surface area contributed by atoms with Crippen molar-refractivity contribution < 1.29 is 9.53 Å². The molecule has 1 heterocycles. The van der Waals surface area contributed by atoms with E-state index in [0.29, 0.717) is 11.5 Å². The Labute approximate surface area is 150 Å². The lowest BCUT2D eigenvalue weighted by Gasteiger charge is -2.06. The van der Waals surface area contributed by atoms with Gasteiger partial charge in [0.15, 0.2) is 0 Å². The molecule has 0 atom stereocenters. The first kappa shape index (κ1) is 16.9. The van der Waals surface area contributed by atoms with Crippen molar-refractivity contribution in [3.63, 3.8) is 0 Å². The monoisotopic (exact) mass is 350 g/mol. The highest BCUT2D eigenvalue weighted by atomic mass is 32.1. The number of ether oxygens (including phenoxy) is 1. The maximum Gasteiger partial charge on any atom is 0.262 e. The molecule has 5 heteroatoms. The van der Waals surface area contributed by atoms with Crippen LogP contribution in [-0.2, 0) is 6.61 Å². The standard InChI is InChI=1S/C20H18N2O2S/c1-21-20(23)18-13-22-19(25-18)12-9-15-7-10-17(11-8-15)24-14-16-5-3-2-4-6-16/h2-13H,14H2,1H3,(H,21,23)/b12-9+. The number of hydrogen-bond donors (Lipinski definition) is 1. The minimum Gasteiger partial charge on any atom is -0.489 e. The topological polar surface area (TPSA) is 51.2 Å². The van der Waals surface area contributed by atoms with E-state index in [4.69, 9.17) is 4.74 Å².